The van der Waals surface area contributed by atoms with E-state index >= 15 is 0 Å². The Morgan fingerprint density at radius 3 is 2.54 bits per heavy atom. The lowest BCUT2D eigenvalue weighted by Crippen LogP contribution is -2.17. The molecular formula is C18H14BrClN2O4. The summed E-state index contributed by atoms with van der Waals surface area (Å²) in [6, 6.07) is 9.63. The molecule has 0 aliphatic heterocycles. The maximum atomic E-state index is 12.8. The molecule has 1 aromatic heterocycles. The van der Waals surface area contributed by atoms with Crippen LogP contribution in [0.1, 0.15) is 10.4 Å². The van der Waals surface area contributed by atoms with Crippen LogP contribution in [-0.4, -0.2) is 25.1 Å². The van der Waals surface area contributed by atoms with Crippen molar-refractivity contribution < 1.29 is 14.3 Å². The normalized spacial score (nSPS) is 10.6. The quantitative estimate of drug-likeness (QED) is 0.641. The fourth-order valence-corrected chi connectivity index (χ4v) is 3.15. The molecule has 0 saturated heterocycles. The summed E-state index contributed by atoms with van der Waals surface area (Å²) in [5, 5.41) is 3.71. The number of hydrogen-bond acceptors (Lipinski definition) is 4. The number of ether oxygens (including phenoxy) is 2. The molecule has 0 aliphatic rings. The Hall–Kier alpha value is -2.51. The van der Waals surface area contributed by atoms with Gasteiger partial charge in [-0.2, -0.15) is 0 Å². The van der Waals surface area contributed by atoms with Crippen molar-refractivity contribution in [3.05, 3.63) is 61.8 Å². The van der Waals surface area contributed by atoms with E-state index in [1.807, 2.05) is 0 Å². The van der Waals surface area contributed by atoms with Crippen molar-refractivity contribution in [2.45, 2.75) is 0 Å². The molecule has 0 spiro atoms. The van der Waals surface area contributed by atoms with Crippen LogP contribution in [0.25, 0.3) is 10.9 Å². The van der Waals surface area contributed by atoms with E-state index in [1.54, 1.807) is 30.3 Å². The van der Waals surface area contributed by atoms with Crippen molar-refractivity contribution in [1.29, 1.82) is 0 Å². The summed E-state index contributed by atoms with van der Waals surface area (Å²) >= 11 is 9.46. The van der Waals surface area contributed by atoms with Gasteiger partial charge >= 0.3 is 0 Å². The van der Waals surface area contributed by atoms with Gasteiger partial charge in [0.05, 0.1) is 30.5 Å². The lowest BCUT2D eigenvalue weighted by atomic mass is 10.1. The number of amides is 1. The van der Waals surface area contributed by atoms with Gasteiger partial charge in [-0.25, -0.2) is 0 Å². The molecule has 26 heavy (non-hydrogen) atoms. The lowest BCUT2D eigenvalue weighted by molar-refractivity contribution is 0.102. The van der Waals surface area contributed by atoms with Gasteiger partial charge in [0.2, 0.25) is 5.56 Å². The van der Waals surface area contributed by atoms with Crippen LogP contribution in [0.15, 0.2) is 45.7 Å². The Balaban J connectivity index is 2.08. The van der Waals surface area contributed by atoms with Crippen LogP contribution in [0.2, 0.25) is 5.02 Å². The molecule has 1 amide bonds. The minimum absolute atomic E-state index is 0.237. The predicted octanol–water partition coefficient (Wildman–Crippen LogP) is 4.21. The first kappa shape index (κ1) is 18.3. The third kappa shape index (κ3) is 3.54. The average Bonchev–Trinajstić information content (AvgIpc) is 2.62. The third-order valence-electron chi connectivity index (χ3n) is 3.77. The number of methoxy groups -OCH3 is 2. The van der Waals surface area contributed by atoms with Crippen molar-refractivity contribution >= 4 is 50.0 Å². The summed E-state index contributed by atoms with van der Waals surface area (Å²) in [4.78, 5) is 27.4. The molecule has 0 radical (unpaired) electrons. The second-order valence-electron chi connectivity index (χ2n) is 5.38. The SMILES string of the molecule is COc1cc(NC(=O)c2cc(=O)[nH]c3ccc(Br)cc23)c(OC)cc1Cl. The fourth-order valence-electron chi connectivity index (χ4n) is 2.56. The number of carbonyl (C=O) groups is 1. The van der Waals surface area contributed by atoms with Crippen molar-refractivity contribution in [1.82, 2.24) is 4.98 Å². The van der Waals surface area contributed by atoms with Crippen molar-refractivity contribution in [2.24, 2.45) is 0 Å². The number of halogens is 2. The second-order valence-corrected chi connectivity index (χ2v) is 6.70. The third-order valence-corrected chi connectivity index (χ3v) is 4.56. The number of benzene rings is 2. The van der Waals surface area contributed by atoms with E-state index in [0.29, 0.717) is 33.1 Å². The molecule has 2 aromatic carbocycles. The average molecular weight is 438 g/mol. The van der Waals surface area contributed by atoms with Gasteiger partial charge in [0, 0.05) is 33.6 Å². The lowest BCUT2D eigenvalue weighted by Gasteiger charge is -2.14. The molecule has 0 atom stereocenters. The van der Waals surface area contributed by atoms with Gasteiger partial charge in [-0.3, -0.25) is 9.59 Å². The van der Waals surface area contributed by atoms with Gasteiger partial charge in [-0.15, -0.1) is 0 Å². The number of aromatic nitrogens is 1. The Morgan fingerprint density at radius 1 is 1.12 bits per heavy atom. The molecule has 0 aliphatic carbocycles. The summed E-state index contributed by atoms with van der Waals surface area (Å²) < 4.78 is 11.2. The topological polar surface area (TPSA) is 80.4 Å². The molecule has 6 nitrogen and oxygen atoms in total. The van der Waals surface area contributed by atoms with E-state index in [0.717, 1.165) is 4.47 Å². The molecule has 8 heteroatoms. The summed E-state index contributed by atoms with van der Waals surface area (Å²) in [7, 11) is 2.94. The Morgan fingerprint density at radius 2 is 1.85 bits per heavy atom. The van der Waals surface area contributed by atoms with E-state index in [-0.39, 0.29) is 11.1 Å². The van der Waals surface area contributed by atoms with Crippen LogP contribution in [0.3, 0.4) is 0 Å². The molecule has 134 valence electrons. The highest BCUT2D eigenvalue weighted by atomic mass is 79.9. The van der Waals surface area contributed by atoms with Crippen LogP contribution in [0.4, 0.5) is 5.69 Å². The minimum atomic E-state index is -0.457. The van der Waals surface area contributed by atoms with Gasteiger partial charge in [-0.05, 0) is 18.2 Å². The van der Waals surface area contributed by atoms with E-state index in [1.165, 1.54) is 20.3 Å². The monoisotopic (exact) mass is 436 g/mol. The molecule has 0 fully saturated rings. The van der Waals surface area contributed by atoms with Crippen molar-refractivity contribution in [3.63, 3.8) is 0 Å². The smallest absolute Gasteiger partial charge is 0.256 e. The maximum Gasteiger partial charge on any atom is 0.256 e. The molecule has 1 heterocycles. The Bertz CT molecular complexity index is 1060. The first-order chi connectivity index (χ1) is 12.4. The molecular weight excluding hydrogens is 424 g/mol. The molecule has 3 aromatic rings. The predicted molar refractivity (Wildman–Crippen MR) is 105 cm³/mol. The van der Waals surface area contributed by atoms with Crippen LogP contribution < -0.4 is 20.3 Å². The summed E-state index contributed by atoms with van der Waals surface area (Å²) in [6.07, 6.45) is 0. The molecule has 0 unspecified atom stereocenters. The fraction of sp³-hybridized carbons (Fsp3) is 0.111. The molecule has 3 rings (SSSR count). The molecule has 0 bridgehead atoms. The highest BCUT2D eigenvalue weighted by Gasteiger charge is 2.16. The first-order valence-corrected chi connectivity index (χ1v) is 8.65. The zero-order chi connectivity index (χ0) is 18.8. The van der Waals surface area contributed by atoms with Crippen LogP contribution >= 0.6 is 27.5 Å². The number of hydrogen-bond donors (Lipinski definition) is 2. The number of rotatable bonds is 4. The Labute approximate surface area is 162 Å². The second kappa shape index (κ2) is 7.39. The summed E-state index contributed by atoms with van der Waals surface area (Å²) in [5.41, 5.74) is 0.806. The zero-order valence-corrected chi connectivity index (χ0v) is 16.2. The van der Waals surface area contributed by atoms with Crippen molar-refractivity contribution in [2.75, 3.05) is 19.5 Å². The van der Waals surface area contributed by atoms with Gasteiger partial charge < -0.3 is 19.8 Å². The molecule has 0 saturated carbocycles. The van der Waals surface area contributed by atoms with Crippen LogP contribution in [0, 0.1) is 0 Å². The van der Waals surface area contributed by atoms with Crippen LogP contribution in [-0.2, 0) is 0 Å². The summed E-state index contributed by atoms with van der Waals surface area (Å²) in [6.45, 7) is 0. The highest BCUT2D eigenvalue weighted by molar-refractivity contribution is 9.10. The first-order valence-electron chi connectivity index (χ1n) is 7.48. The maximum absolute atomic E-state index is 12.8. The van der Waals surface area contributed by atoms with E-state index in [9.17, 15) is 9.59 Å². The minimum Gasteiger partial charge on any atom is -0.495 e. The van der Waals surface area contributed by atoms with Crippen LogP contribution in [0.5, 0.6) is 11.5 Å². The number of anilines is 1. The van der Waals surface area contributed by atoms with Gasteiger partial charge in [0.25, 0.3) is 5.91 Å². The molecule has 2 N–H and O–H groups in total. The van der Waals surface area contributed by atoms with E-state index in [2.05, 4.69) is 26.2 Å². The van der Waals surface area contributed by atoms with Gasteiger partial charge in [0.1, 0.15) is 11.5 Å². The van der Waals surface area contributed by atoms with Gasteiger partial charge in [-0.1, -0.05) is 27.5 Å². The Kier molecular flexibility index (Phi) is 5.20. The van der Waals surface area contributed by atoms with E-state index in [4.69, 9.17) is 21.1 Å². The number of nitrogens with one attached hydrogen (secondary N) is 2. The zero-order valence-electron chi connectivity index (χ0n) is 13.9. The number of aromatic amines is 1. The highest BCUT2D eigenvalue weighted by Crippen LogP contribution is 2.36. The number of fused-ring (bicyclic) bond motifs is 1. The number of carbonyl (C=O) groups excluding carboxylic acids is 1. The summed E-state index contributed by atoms with van der Waals surface area (Å²) in [5.74, 6) is 0.308. The number of H-pyrrole nitrogens is 1. The van der Waals surface area contributed by atoms with Gasteiger partial charge in [0.15, 0.2) is 0 Å². The van der Waals surface area contributed by atoms with E-state index < -0.39 is 5.91 Å². The number of pyridine rings is 1. The largest absolute Gasteiger partial charge is 0.495 e. The van der Waals surface area contributed by atoms with Crippen molar-refractivity contribution in [3.8, 4) is 11.5 Å². The standard InChI is InChI=1S/C18H14BrClN2O4/c1-25-15-8-14(16(26-2)7-12(15)20)22-18(24)11-6-17(23)21-13-4-3-9(19)5-10(11)13/h3-8H,1-2H3,(H,21,23)(H,22,24).